The summed E-state index contributed by atoms with van der Waals surface area (Å²) in [5, 5.41) is 14.9. The number of pyridine rings is 1. The van der Waals surface area contributed by atoms with Gasteiger partial charge in [0.1, 0.15) is 11.6 Å². The lowest BCUT2D eigenvalue weighted by atomic mass is 10.1. The molecule has 0 aliphatic carbocycles. The highest BCUT2D eigenvalue weighted by Gasteiger charge is 2.16. The van der Waals surface area contributed by atoms with E-state index in [0.717, 1.165) is 22.5 Å². The number of amides is 2. The molecule has 164 valence electrons. The molecule has 0 spiro atoms. The van der Waals surface area contributed by atoms with Crippen LogP contribution in [0.15, 0.2) is 36.2 Å². The summed E-state index contributed by atoms with van der Waals surface area (Å²) in [6.07, 6.45) is 5.02. The molecule has 0 aromatic carbocycles. The Morgan fingerprint density at radius 2 is 2.00 bits per heavy atom. The molecule has 2 heterocycles. The molecule has 2 rings (SSSR count). The van der Waals surface area contributed by atoms with E-state index in [-0.39, 0.29) is 30.5 Å². The summed E-state index contributed by atoms with van der Waals surface area (Å²) in [7, 11) is 1.66. The second-order valence-electron chi connectivity index (χ2n) is 7.31. The number of nitriles is 1. The highest BCUT2D eigenvalue weighted by Crippen LogP contribution is 2.22. The number of methoxy groups -OCH3 is 1. The minimum Gasteiger partial charge on any atom is -0.383 e. The molecule has 0 radical (unpaired) electrons. The van der Waals surface area contributed by atoms with Gasteiger partial charge in [0, 0.05) is 50.4 Å². The molecule has 1 atom stereocenters. The SMILES string of the molecule is COCC(C)n1c(C)cc(/C=C(\C#N)C(=O)NCCC(=O)NCc2ccncc2)c1C. The molecule has 2 N–H and O–H groups in total. The number of hydrogen-bond donors (Lipinski definition) is 2. The van der Waals surface area contributed by atoms with E-state index in [0.29, 0.717) is 13.2 Å². The van der Waals surface area contributed by atoms with Crippen molar-refractivity contribution in [2.45, 2.75) is 39.8 Å². The number of ether oxygens (including phenoxy) is 1. The first-order valence-corrected chi connectivity index (χ1v) is 10.1. The molecule has 0 saturated carbocycles. The second kappa shape index (κ2) is 11.7. The van der Waals surface area contributed by atoms with Crippen LogP contribution in [-0.2, 0) is 20.9 Å². The molecule has 0 bridgehead atoms. The van der Waals surface area contributed by atoms with Crippen molar-refractivity contribution in [3.63, 3.8) is 0 Å². The van der Waals surface area contributed by atoms with Gasteiger partial charge < -0.3 is 19.9 Å². The predicted octanol–water partition coefficient (Wildman–Crippen LogP) is 2.44. The maximum absolute atomic E-state index is 12.4. The minimum absolute atomic E-state index is 0.00293. The Balaban J connectivity index is 1.93. The van der Waals surface area contributed by atoms with Gasteiger partial charge in [-0.05, 0) is 56.2 Å². The fourth-order valence-corrected chi connectivity index (χ4v) is 3.42. The van der Waals surface area contributed by atoms with Crippen LogP contribution in [0.5, 0.6) is 0 Å². The molecule has 2 amide bonds. The van der Waals surface area contributed by atoms with Crippen molar-refractivity contribution in [3.05, 3.63) is 58.7 Å². The summed E-state index contributed by atoms with van der Waals surface area (Å²) in [5.74, 6) is -0.686. The summed E-state index contributed by atoms with van der Waals surface area (Å²) < 4.78 is 7.36. The Labute approximate surface area is 182 Å². The standard InChI is InChI=1S/C23H29N5O3/c1-16-11-20(18(3)28(16)17(2)15-31-4)12-21(13-24)23(30)26-10-7-22(29)27-14-19-5-8-25-9-6-19/h5-6,8-9,11-12,17H,7,10,14-15H2,1-4H3,(H,26,30)(H,27,29)/b21-12+. The Hall–Kier alpha value is -3.44. The quantitative estimate of drug-likeness (QED) is 0.451. The van der Waals surface area contributed by atoms with Crippen LogP contribution in [0, 0.1) is 25.2 Å². The highest BCUT2D eigenvalue weighted by atomic mass is 16.5. The number of carbonyl (C=O) groups excluding carboxylic acids is 2. The number of aryl methyl sites for hydroxylation is 1. The van der Waals surface area contributed by atoms with Crippen molar-refractivity contribution >= 4 is 17.9 Å². The van der Waals surface area contributed by atoms with Gasteiger partial charge >= 0.3 is 0 Å². The van der Waals surface area contributed by atoms with Crippen molar-refractivity contribution in [2.75, 3.05) is 20.3 Å². The van der Waals surface area contributed by atoms with Crippen molar-refractivity contribution in [1.29, 1.82) is 5.26 Å². The lowest BCUT2D eigenvalue weighted by molar-refractivity contribution is -0.121. The molecule has 2 aromatic heterocycles. The van der Waals surface area contributed by atoms with E-state index in [9.17, 15) is 14.9 Å². The maximum Gasteiger partial charge on any atom is 0.261 e. The second-order valence-corrected chi connectivity index (χ2v) is 7.31. The van der Waals surface area contributed by atoms with Crippen LogP contribution in [0.3, 0.4) is 0 Å². The van der Waals surface area contributed by atoms with Gasteiger partial charge in [-0.25, -0.2) is 0 Å². The van der Waals surface area contributed by atoms with Crippen LogP contribution >= 0.6 is 0 Å². The Morgan fingerprint density at radius 3 is 2.65 bits per heavy atom. The van der Waals surface area contributed by atoms with Gasteiger partial charge in [0.25, 0.3) is 5.91 Å². The van der Waals surface area contributed by atoms with E-state index in [1.807, 2.05) is 38.1 Å². The summed E-state index contributed by atoms with van der Waals surface area (Å²) in [5.41, 5.74) is 3.73. The average Bonchev–Trinajstić information content (AvgIpc) is 3.04. The third-order valence-electron chi connectivity index (χ3n) is 4.91. The van der Waals surface area contributed by atoms with E-state index in [2.05, 4.69) is 27.1 Å². The first-order valence-electron chi connectivity index (χ1n) is 10.1. The number of nitrogens with zero attached hydrogens (tertiary/aromatic N) is 3. The van der Waals surface area contributed by atoms with E-state index in [1.54, 1.807) is 25.6 Å². The topological polar surface area (TPSA) is 109 Å². The van der Waals surface area contributed by atoms with E-state index < -0.39 is 5.91 Å². The molecule has 0 saturated heterocycles. The van der Waals surface area contributed by atoms with E-state index in [4.69, 9.17) is 4.74 Å². The Kier molecular flexibility index (Phi) is 8.97. The molecule has 2 aromatic rings. The van der Waals surface area contributed by atoms with Crippen LogP contribution in [0.2, 0.25) is 0 Å². The van der Waals surface area contributed by atoms with Gasteiger partial charge in [-0.1, -0.05) is 0 Å². The summed E-state index contributed by atoms with van der Waals surface area (Å²) in [6, 6.07) is 7.67. The largest absolute Gasteiger partial charge is 0.383 e. The van der Waals surface area contributed by atoms with Crippen LogP contribution < -0.4 is 10.6 Å². The van der Waals surface area contributed by atoms with Gasteiger partial charge in [-0.3, -0.25) is 14.6 Å². The monoisotopic (exact) mass is 423 g/mol. The van der Waals surface area contributed by atoms with Crippen molar-refractivity contribution < 1.29 is 14.3 Å². The molecule has 0 fully saturated rings. The molecular formula is C23H29N5O3. The molecule has 31 heavy (non-hydrogen) atoms. The van der Waals surface area contributed by atoms with Crippen LogP contribution in [0.1, 0.15) is 41.9 Å². The fourth-order valence-electron chi connectivity index (χ4n) is 3.42. The normalized spacial score (nSPS) is 12.2. The molecule has 8 heteroatoms. The Morgan fingerprint density at radius 1 is 1.29 bits per heavy atom. The number of hydrogen-bond acceptors (Lipinski definition) is 5. The van der Waals surface area contributed by atoms with E-state index >= 15 is 0 Å². The zero-order valence-corrected chi connectivity index (χ0v) is 18.4. The Bertz CT molecular complexity index is 973. The molecule has 8 nitrogen and oxygen atoms in total. The molecule has 0 aliphatic heterocycles. The van der Waals surface area contributed by atoms with Crippen LogP contribution in [0.25, 0.3) is 6.08 Å². The third-order valence-corrected chi connectivity index (χ3v) is 4.91. The van der Waals surface area contributed by atoms with Gasteiger partial charge in [-0.2, -0.15) is 5.26 Å². The van der Waals surface area contributed by atoms with Crippen molar-refractivity contribution in [2.24, 2.45) is 0 Å². The third kappa shape index (κ3) is 6.79. The summed E-state index contributed by atoms with van der Waals surface area (Å²) in [4.78, 5) is 28.3. The first-order chi connectivity index (χ1) is 14.9. The summed E-state index contributed by atoms with van der Waals surface area (Å²) in [6.45, 7) is 7.08. The highest BCUT2D eigenvalue weighted by molar-refractivity contribution is 6.02. The number of carbonyl (C=O) groups is 2. The summed E-state index contributed by atoms with van der Waals surface area (Å²) >= 11 is 0. The lowest BCUT2D eigenvalue weighted by Crippen LogP contribution is -2.31. The minimum atomic E-state index is -0.501. The number of rotatable bonds is 10. The molecule has 1 unspecified atom stereocenters. The van der Waals surface area contributed by atoms with Crippen LogP contribution in [0.4, 0.5) is 0 Å². The lowest BCUT2D eigenvalue weighted by Gasteiger charge is -2.17. The zero-order valence-electron chi connectivity index (χ0n) is 18.4. The maximum atomic E-state index is 12.4. The van der Waals surface area contributed by atoms with Crippen molar-refractivity contribution in [1.82, 2.24) is 20.2 Å². The fraction of sp³-hybridized carbons (Fsp3) is 0.391. The molecular weight excluding hydrogens is 394 g/mol. The first kappa shape index (κ1) is 23.8. The van der Waals surface area contributed by atoms with Gasteiger partial charge in [-0.15, -0.1) is 0 Å². The van der Waals surface area contributed by atoms with Crippen LogP contribution in [-0.4, -0.2) is 41.6 Å². The predicted molar refractivity (Wildman–Crippen MR) is 118 cm³/mol. The number of aromatic nitrogens is 2. The smallest absolute Gasteiger partial charge is 0.261 e. The van der Waals surface area contributed by atoms with Crippen molar-refractivity contribution in [3.8, 4) is 6.07 Å². The molecule has 0 aliphatic rings. The van der Waals surface area contributed by atoms with E-state index in [1.165, 1.54) is 0 Å². The van der Waals surface area contributed by atoms with Gasteiger partial charge in [0.15, 0.2) is 0 Å². The average molecular weight is 424 g/mol. The van der Waals surface area contributed by atoms with Gasteiger partial charge in [0.05, 0.1) is 12.6 Å². The van der Waals surface area contributed by atoms with Gasteiger partial charge in [0.2, 0.25) is 5.91 Å². The number of nitrogens with one attached hydrogen (secondary N) is 2. The zero-order chi connectivity index (χ0) is 22.8.